The molecule has 0 fully saturated rings. The molecule has 94 valence electrons. The van der Waals surface area contributed by atoms with Gasteiger partial charge in [-0.15, -0.1) is 0 Å². The van der Waals surface area contributed by atoms with Gasteiger partial charge >= 0.3 is 0 Å². The van der Waals surface area contributed by atoms with Gasteiger partial charge in [-0.05, 0) is 46.3 Å². The van der Waals surface area contributed by atoms with Gasteiger partial charge in [0.25, 0.3) is 5.91 Å². The first-order valence-electron chi connectivity index (χ1n) is 5.72. The van der Waals surface area contributed by atoms with E-state index in [0.717, 1.165) is 15.9 Å². The Bertz CT molecular complexity index is 674. The number of hydrogen-bond donors (Lipinski definition) is 0. The van der Waals surface area contributed by atoms with E-state index in [2.05, 4.69) is 20.9 Å². The van der Waals surface area contributed by atoms with Gasteiger partial charge in [-0.1, -0.05) is 6.07 Å². The van der Waals surface area contributed by atoms with Crippen LogP contribution in [0.1, 0.15) is 5.69 Å². The molecule has 0 atom stereocenters. The molecule has 2 aliphatic rings. The average Bonchev–Trinajstić information content (AvgIpc) is 2.67. The van der Waals surface area contributed by atoms with Crippen molar-refractivity contribution >= 4 is 27.6 Å². The lowest BCUT2D eigenvalue weighted by Gasteiger charge is -2.13. The van der Waals surface area contributed by atoms with Gasteiger partial charge < -0.3 is 4.90 Å². The van der Waals surface area contributed by atoms with E-state index >= 15 is 0 Å². The van der Waals surface area contributed by atoms with Gasteiger partial charge in [0.05, 0.1) is 17.8 Å². The topological polar surface area (TPSA) is 50.3 Å². The van der Waals surface area contributed by atoms with Gasteiger partial charge in [-0.2, -0.15) is 0 Å². The Morgan fingerprint density at radius 1 is 1.21 bits per heavy atom. The zero-order valence-electron chi connectivity index (χ0n) is 9.84. The van der Waals surface area contributed by atoms with E-state index in [0.29, 0.717) is 12.1 Å². The second-order valence-corrected chi connectivity index (χ2v) is 5.08. The molecule has 0 radical (unpaired) electrons. The van der Waals surface area contributed by atoms with E-state index in [9.17, 15) is 9.59 Å². The number of nitrogens with zero attached hydrogens (tertiary/aromatic N) is 2. The van der Waals surface area contributed by atoms with E-state index in [1.807, 2.05) is 18.2 Å². The predicted octanol–water partition coefficient (Wildman–Crippen LogP) is 2.14. The Kier molecular flexibility index (Phi) is 2.91. The first-order valence-corrected chi connectivity index (χ1v) is 6.51. The second kappa shape index (κ2) is 4.59. The summed E-state index contributed by atoms with van der Waals surface area (Å²) in [5.41, 5.74) is 2.02. The van der Waals surface area contributed by atoms with Crippen molar-refractivity contribution in [3.8, 4) is 0 Å². The highest BCUT2D eigenvalue weighted by Crippen LogP contribution is 2.27. The van der Waals surface area contributed by atoms with E-state index in [1.165, 1.54) is 12.2 Å². The van der Waals surface area contributed by atoms with Crippen molar-refractivity contribution in [3.63, 3.8) is 0 Å². The molecule has 0 N–H and O–H groups in total. The number of hydrogen-bond acceptors (Lipinski definition) is 3. The maximum atomic E-state index is 12.2. The summed E-state index contributed by atoms with van der Waals surface area (Å²) in [6.07, 6.45) is 6.26. The number of halogens is 1. The number of pyridine rings is 1. The van der Waals surface area contributed by atoms with Gasteiger partial charge in [0.15, 0.2) is 5.78 Å². The standard InChI is InChI=1S/C14H9BrN2O2/c15-13-3-1-2-10(16-13)8-17-7-9-4-5-11(18)6-12(9)14(17)19/h1-7H,8H2. The van der Waals surface area contributed by atoms with Crippen molar-refractivity contribution in [3.05, 3.63) is 64.1 Å². The van der Waals surface area contributed by atoms with Crippen LogP contribution in [0.5, 0.6) is 0 Å². The number of ketones is 1. The monoisotopic (exact) mass is 316 g/mol. The maximum absolute atomic E-state index is 12.2. The maximum Gasteiger partial charge on any atom is 0.258 e. The van der Waals surface area contributed by atoms with E-state index in [4.69, 9.17) is 0 Å². The summed E-state index contributed by atoms with van der Waals surface area (Å²) in [6, 6.07) is 5.56. The predicted molar refractivity (Wildman–Crippen MR) is 72.8 cm³/mol. The van der Waals surface area contributed by atoms with Crippen LogP contribution in [0.25, 0.3) is 0 Å². The normalized spacial score (nSPS) is 17.4. The van der Waals surface area contributed by atoms with Gasteiger partial charge in [0.1, 0.15) is 4.60 Å². The third-order valence-electron chi connectivity index (χ3n) is 2.92. The molecule has 0 saturated carbocycles. The zero-order chi connectivity index (χ0) is 13.4. The third-order valence-corrected chi connectivity index (χ3v) is 3.36. The molecule has 0 saturated heterocycles. The van der Waals surface area contributed by atoms with E-state index in [-0.39, 0.29) is 11.7 Å². The highest BCUT2D eigenvalue weighted by Gasteiger charge is 2.28. The summed E-state index contributed by atoms with van der Waals surface area (Å²) in [6.45, 7) is 0.390. The van der Waals surface area contributed by atoms with Crippen LogP contribution in [-0.4, -0.2) is 21.6 Å². The highest BCUT2D eigenvalue weighted by atomic mass is 79.9. The number of fused-ring (bicyclic) bond motifs is 1. The summed E-state index contributed by atoms with van der Waals surface area (Å²) in [5, 5.41) is 0. The molecule has 3 rings (SSSR count). The SMILES string of the molecule is O=C1C=CC2=CN(Cc3cccc(Br)n3)C(=O)C2=C1. The van der Waals surface area contributed by atoms with Crippen LogP contribution in [0.2, 0.25) is 0 Å². The minimum Gasteiger partial charge on any atom is -0.308 e. The van der Waals surface area contributed by atoms with Crippen LogP contribution in [0.15, 0.2) is 58.4 Å². The third kappa shape index (κ3) is 2.29. The minimum atomic E-state index is -0.158. The molecule has 19 heavy (non-hydrogen) atoms. The van der Waals surface area contributed by atoms with Gasteiger partial charge in [0.2, 0.25) is 0 Å². The fourth-order valence-electron chi connectivity index (χ4n) is 2.04. The molecule has 4 nitrogen and oxygen atoms in total. The Balaban J connectivity index is 1.87. The Morgan fingerprint density at radius 2 is 2.05 bits per heavy atom. The van der Waals surface area contributed by atoms with Crippen molar-refractivity contribution < 1.29 is 9.59 Å². The van der Waals surface area contributed by atoms with Crippen molar-refractivity contribution in [1.29, 1.82) is 0 Å². The summed E-state index contributed by atoms with van der Waals surface area (Å²) >= 11 is 3.30. The number of rotatable bonds is 2. The molecular weight excluding hydrogens is 308 g/mol. The van der Waals surface area contributed by atoms with Gasteiger partial charge in [0, 0.05) is 11.8 Å². The number of amides is 1. The number of carbonyl (C=O) groups is 2. The second-order valence-electron chi connectivity index (χ2n) is 4.26. The Hall–Kier alpha value is -2.01. The fourth-order valence-corrected chi connectivity index (χ4v) is 2.43. The molecule has 0 unspecified atom stereocenters. The Labute approximate surface area is 118 Å². The molecule has 0 bridgehead atoms. The molecule has 0 aromatic carbocycles. The van der Waals surface area contributed by atoms with Crippen LogP contribution in [0, 0.1) is 0 Å². The lowest BCUT2D eigenvalue weighted by atomic mass is 10.0. The largest absolute Gasteiger partial charge is 0.308 e. The average molecular weight is 317 g/mol. The molecule has 2 heterocycles. The Morgan fingerprint density at radius 3 is 2.84 bits per heavy atom. The van der Waals surface area contributed by atoms with E-state index < -0.39 is 0 Å². The van der Waals surface area contributed by atoms with Crippen LogP contribution in [0.3, 0.4) is 0 Å². The first kappa shape index (κ1) is 12.0. The summed E-state index contributed by atoms with van der Waals surface area (Å²) in [7, 11) is 0. The first-order chi connectivity index (χ1) is 9.13. The zero-order valence-corrected chi connectivity index (χ0v) is 11.4. The van der Waals surface area contributed by atoms with Crippen LogP contribution in [-0.2, 0) is 16.1 Å². The number of aromatic nitrogens is 1. The summed E-state index contributed by atoms with van der Waals surface area (Å²) < 4.78 is 0.732. The number of carbonyl (C=O) groups excluding carboxylic acids is 2. The summed E-state index contributed by atoms with van der Waals surface area (Å²) in [4.78, 5) is 29.3. The highest BCUT2D eigenvalue weighted by molar-refractivity contribution is 9.10. The molecule has 1 amide bonds. The van der Waals surface area contributed by atoms with Gasteiger partial charge in [-0.3, -0.25) is 9.59 Å². The molecular formula is C14H9BrN2O2. The van der Waals surface area contributed by atoms with E-state index in [1.54, 1.807) is 17.2 Å². The quantitative estimate of drug-likeness (QED) is 0.785. The van der Waals surface area contributed by atoms with Gasteiger partial charge in [-0.25, -0.2) is 4.98 Å². The van der Waals surface area contributed by atoms with Crippen LogP contribution < -0.4 is 0 Å². The smallest absolute Gasteiger partial charge is 0.258 e. The molecule has 0 spiro atoms. The van der Waals surface area contributed by atoms with Crippen LogP contribution in [0.4, 0.5) is 0 Å². The molecule has 1 aliphatic carbocycles. The van der Waals surface area contributed by atoms with Crippen LogP contribution >= 0.6 is 15.9 Å². The minimum absolute atomic E-state index is 0.150. The molecule has 1 aromatic rings. The lowest BCUT2D eigenvalue weighted by molar-refractivity contribution is -0.124. The number of allylic oxidation sites excluding steroid dienone is 3. The van der Waals surface area contributed by atoms with Crippen molar-refractivity contribution in [2.24, 2.45) is 0 Å². The lowest BCUT2D eigenvalue weighted by Crippen LogP contribution is -2.22. The fraction of sp³-hybridized carbons (Fsp3) is 0.0714. The molecule has 1 aliphatic heterocycles. The van der Waals surface area contributed by atoms with Crippen molar-refractivity contribution in [2.45, 2.75) is 6.54 Å². The molecule has 1 aromatic heterocycles. The van der Waals surface area contributed by atoms with Crippen molar-refractivity contribution in [1.82, 2.24) is 9.88 Å². The van der Waals surface area contributed by atoms with Crippen molar-refractivity contribution in [2.75, 3.05) is 0 Å². The molecule has 5 heteroatoms. The summed E-state index contributed by atoms with van der Waals surface area (Å²) in [5.74, 6) is -0.308.